The van der Waals surface area contributed by atoms with Gasteiger partial charge in [0.1, 0.15) is 10.7 Å². The molecule has 5 nitrogen and oxygen atoms in total. The molecule has 2 aromatic heterocycles. The fourth-order valence-corrected chi connectivity index (χ4v) is 1.79. The molecule has 0 fully saturated rings. The van der Waals surface area contributed by atoms with Crippen molar-refractivity contribution in [1.82, 2.24) is 15.3 Å². The Hall–Kier alpha value is -2.58. The number of carbonyl (C=O) groups is 1. The third kappa shape index (κ3) is 3.05. The number of rotatable bonds is 3. The van der Waals surface area contributed by atoms with Gasteiger partial charge in [-0.1, -0.05) is 17.5 Å². The summed E-state index contributed by atoms with van der Waals surface area (Å²) in [5, 5.41) is 2.75. The van der Waals surface area contributed by atoms with Crippen LogP contribution in [0.2, 0.25) is 5.15 Å². The quantitative estimate of drug-likeness (QED) is 0.663. The van der Waals surface area contributed by atoms with Crippen LogP contribution in [-0.4, -0.2) is 22.4 Å². The van der Waals surface area contributed by atoms with Crippen molar-refractivity contribution in [2.24, 2.45) is 0 Å². The molecule has 0 aliphatic heterocycles. The zero-order valence-electron chi connectivity index (χ0n) is 10.3. The lowest BCUT2D eigenvalue weighted by atomic mass is 10.1. The predicted molar refractivity (Wildman–Crippen MR) is 76.5 cm³/mol. The Labute approximate surface area is 120 Å². The number of carbonyl (C=O) groups excluding carboxylic acids is 1. The maximum atomic E-state index is 11.9. The van der Waals surface area contributed by atoms with E-state index in [4.69, 9.17) is 18.0 Å². The van der Waals surface area contributed by atoms with Gasteiger partial charge in [0.15, 0.2) is 0 Å². The summed E-state index contributed by atoms with van der Waals surface area (Å²) in [5.74, 6) is 1.75. The number of amides is 1. The van der Waals surface area contributed by atoms with Gasteiger partial charge in [0.25, 0.3) is 11.5 Å². The van der Waals surface area contributed by atoms with Gasteiger partial charge in [-0.25, -0.2) is 4.98 Å². The van der Waals surface area contributed by atoms with E-state index in [2.05, 4.69) is 21.2 Å². The van der Waals surface area contributed by atoms with Crippen LogP contribution in [0.25, 0.3) is 11.3 Å². The molecule has 2 rings (SSSR count). The number of pyridine rings is 2. The van der Waals surface area contributed by atoms with Gasteiger partial charge in [-0.2, -0.15) is 0 Å². The Kier molecular flexibility index (Phi) is 4.18. The minimum absolute atomic E-state index is 0.00385. The van der Waals surface area contributed by atoms with E-state index in [1.807, 2.05) is 0 Å². The molecule has 0 saturated carbocycles. The molecule has 0 unspecified atom stereocenters. The molecule has 100 valence electrons. The average Bonchev–Trinajstić information content (AvgIpc) is 2.44. The molecule has 0 aromatic carbocycles. The molecule has 1 amide bonds. The van der Waals surface area contributed by atoms with Gasteiger partial charge in [-0.15, -0.1) is 6.42 Å². The second kappa shape index (κ2) is 6.04. The third-order valence-electron chi connectivity index (χ3n) is 2.54. The Morgan fingerprint density at radius 3 is 2.90 bits per heavy atom. The fourth-order valence-electron chi connectivity index (χ4n) is 1.62. The minimum atomic E-state index is -0.511. The number of terminal acetylenes is 1. The summed E-state index contributed by atoms with van der Waals surface area (Å²) in [6.07, 6.45) is 6.57. The molecule has 20 heavy (non-hydrogen) atoms. The molecule has 6 heteroatoms. The first-order chi connectivity index (χ1) is 9.61. The Bertz CT molecular complexity index is 747. The van der Waals surface area contributed by atoms with Crippen LogP contribution in [0.1, 0.15) is 10.4 Å². The van der Waals surface area contributed by atoms with E-state index in [1.54, 1.807) is 18.2 Å². The lowest BCUT2D eigenvalue weighted by molar-refractivity contribution is 0.0957. The number of aromatic amines is 1. The highest BCUT2D eigenvalue weighted by atomic mass is 35.5. The number of hydrogen-bond acceptors (Lipinski definition) is 3. The van der Waals surface area contributed by atoms with Gasteiger partial charge in [-0.05, 0) is 24.3 Å². The second-order valence-electron chi connectivity index (χ2n) is 3.87. The summed E-state index contributed by atoms with van der Waals surface area (Å²) in [5.41, 5.74) is 0.764. The van der Waals surface area contributed by atoms with Crippen molar-refractivity contribution in [2.75, 3.05) is 6.54 Å². The first-order valence-electron chi connectivity index (χ1n) is 5.68. The highest BCUT2D eigenvalue weighted by Gasteiger charge is 2.10. The van der Waals surface area contributed by atoms with Crippen LogP contribution in [0, 0.1) is 12.3 Å². The van der Waals surface area contributed by atoms with Crippen molar-refractivity contribution in [1.29, 1.82) is 0 Å². The van der Waals surface area contributed by atoms with Crippen LogP contribution < -0.4 is 10.9 Å². The largest absolute Gasteiger partial charge is 0.341 e. The van der Waals surface area contributed by atoms with E-state index in [0.29, 0.717) is 16.4 Å². The van der Waals surface area contributed by atoms with Crippen LogP contribution >= 0.6 is 11.6 Å². The maximum absolute atomic E-state index is 11.9. The lowest BCUT2D eigenvalue weighted by Gasteiger charge is -2.04. The van der Waals surface area contributed by atoms with Crippen LogP contribution in [0.15, 0.2) is 35.3 Å². The van der Waals surface area contributed by atoms with E-state index in [1.165, 1.54) is 12.3 Å². The van der Waals surface area contributed by atoms with Crippen molar-refractivity contribution in [3.8, 4) is 23.6 Å². The molecule has 2 N–H and O–H groups in total. The van der Waals surface area contributed by atoms with Crippen LogP contribution in [0.5, 0.6) is 0 Å². The number of hydrogen-bond donors (Lipinski definition) is 2. The van der Waals surface area contributed by atoms with E-state index >= 15 is 0 Å². The predicted octanol–water partition coefficient (Wildman–Crippen LogP) is 1.45. The zero-order valence-corrected chi connectivity index (χ0v) is 11.1. The first kappa shape index (κ1) is 13.8. The van der Waals surface area contributed by atoms with Crippen LogP contribution in [0.3, 0.4) is 0 Å². The van der Waals surface area contributed by atoms with Gasteiger partial charge in [0.05, 0.1) is 6.54 Å². The van der Waals surface area contributed by atoms with E-state index in [0.717, 1.165) is 0 Å². The molecular weight excluding hydrogens is 278 g/mol. The number of aromatic nitrogens is 2. The van der Waals surface area contributed by atoms with Crippen molar-refractivity contribution in [3.05, 3.63) is 51.5 Å². The topological polar surface area (TPSA) is 74.8 Å². The van der Waals surface area contributed by atoms with Gasteiger partial charge in [-0.3, -0.25) is 9.59 Å². The van der Waals surface area contributed by atoms with E-state index < -0.39 is 11.5 Å². The van der Waals surface area contributed by atoms with Gasteiger partial charge in [0.2, 0.25) is 0 Å². The number of nitrogens with one attached hydrogen (secondary N) is 2. The molecule has 0 saturated heterocycles. The van der Waals surface area contributed by atoms with E-state index in [-0.39, 0.29) is 12.1 Å². The van der Waals surface area contributed by atoms with E-state index in [9.17, 15) is 9.59 Å². The lowest BCUT2D eigenvalue weighted by Crippen LogP contribution is -2.29. The summed E-state index contributed by atoms with van der Waals surface area (Å²) < 4.78 is 0. The molecule has 0 radical (unpaired) electrons. The third-order valence-corrected chi connectivity index (χ3v) is 2.75. The zero-order chi connectivity index (χ0) is 14.5. The molecule has 2 aromatic rings. The Morgan fingerprint density at radius 1 is 1.45 bits per heavy atom. The average molecular weight is 288 g/mol. The van der Waals surface area contributed by atoms with Crippen molar-refractivity contribution >= 4 is 17.5 Å². The summed E-state index contributed by atoms with van der Waals surface area (Å²) in [7, 11) is 0. The number of nitrogens with zero attached hydrogens (tertiary/aromatic N) is 1. The van der Waals surface area contributed by atoms with Gasteiger partial charge in [0, 0.05) is 17.5 Å². The first-order valence-corrected chi connectivity index (χ1v) is 6.06. The van der Waals surface area contributed by atoms with Crippen molar-refractivity contribution < 1.29 is 4.79 Å². The Morgan fingerprint density at radius 2 is 2.25 bits per heavy atom. The SMILES string of the molecule is C#CCNC(=O)c1ccc(-c2ccnc(Cl)c2)[nH]c1=O. The summed E-state index contributed by atoms with van der Waals surface area (Å²) in [6, 6.07) is 6.38. The normalized spacial score (nSPS) is 9.80. The monoisotopic (exact) mass is 287 g/mol. The van der Waals surface area contributed by atoms with Crippen LogP contribution in [-0.2, 0) is 0 Å². The molecule has 0 atom stereocenters. The summed E-state index contributed by atoms with van der Waals surface area (Å²) >= 11 is 5.79. The number of halogens is 1. The highest BCUT2D eigenvalue weighted by molar-refractivity contribution is 6.29. The van der Waals surface area contributed by atoms with Crippen molar-refractivity contribution in [2.45, 2.75) is 0 Å². The number of H-pyrrole nitrogens is 1. The van der Waals surface area contributed by atoms with Gasteiger partial charge < -0.3 is 10.3 Å². The molecule has 0 aliphatic rings. The smallest absolute Gasteiger partial charge is 0.261 e. The highest BCUT2D eigenvalue weighted by Crippen LogP contribution is 2.18. The summed E-state index contributed by atoms with van der Waals surface area (Å²) in [6.45, 7) is 0.0694. The minimum Gasteiger partial charge on any atom is -0.341 e. The molecular formula is C14H10ClN3O2. The Balaban J connectivity index is 2.33. The van der Waals surface area contributed by atoms with Crippen molar-refractivity contribution in [3.63, 3.8) is 0 Å². The molecule has 2 heterocycles. The van der Waals surface area contributed by atoms with Crippen LogP contribution in [0.4, 0.5) is 0 Å². The standard InChI is InChI=1S/C14H10ClN3O2/c1-2-6-17-13(19)10-3-4-11(18-14(10)20)9-5-7-16-12(15)8-9/h1,3-5,7-8H,6H2,(H,17,19)(H,18,20). The second-order valence-corrected chi connectivity index (χ2v) is 4.26. The molecule has 0 aliphatic carbocycles. The molecule has 0 bridgehead atoms. The van der Waals surface area contributed by atoms with Gasteiger partial charge >= 0.3 is 0 Å². The molecule has 0 spiro atoms. The maximum Gasteiger partial charge on any atom is 0.261 e. The fraction of sp³-hybridized carbons (Fsp3) is 0.0714. The summed E-state index contributed by atoms with van der Waals surface area (Å²) in [4.78, 5) is 30.0.